The van der Waals surface area contributed by atoms with Crippen LogP contribution in [0.3, 0.4) is 0 Å². The van der Waals surface area contributed by atoms with Crippen molar-refractivity contribution in [3.63, 3.8) is 0 Å². The molecule has 1 aromatic heterocycles. The molecule has 1 unspecified atom stereocenters. The van der Waals surface area contributed by atoms with Gasteiger partial charge in [0, 0.05) is 26.2 Å². The van der Waals surface area contributed by atoms with Gasteiger partial charge in [0.05, 0.1) is 31.1 Å². The summed E-state index contributed by atoms with van der Waals surface area (Å²) in [7, 11) is -3.22. The highest BCUT2D eigenvalue weighted by molar-refractivity contribution is 7.88. The van der Waals surface area contributed by atoms with Crippen LogP contribution in [0.2, 0.25) is 0 Å². The molecule has 2 saturated heterocycles. The van der Waals surface area contributed by atoms with Crippen LogP contribution in [-0.2, 0) is 20.9 Å². The fourth-order valence-corrected chi connectivity index (χ4v) is 5.27. The van der Waals surface area contributed by atoms with Gasteiger partial charge in [-0.25, -0.2) is 22.7 Å². The molecule has 13 heteroatoms. The minimum absolute atomic E-state index is 0.0261. The number of halogens is 4. The fraction of sp³-hybridized carbons (Fsp3) is 0.545. The second-order valence-electron chi connectivity index (χ2n) is 8.75. The number of sulfonamides is 1. The highest BCUT2D eigenvalue weighted by atomic mass is 32.2. The standard InChI is InChI=1S/C22H27F4N5O3S/c1-35(32,33)30-8-6-15(7-9-30)12-27-20-19(23)21(29-14-28-20)31-10-11-34-13-18(31)16-2-4-17(5-3-16)22(24,25)26/h2-5,14-15,18H,6-13H2,1H3,(H,27,28,29). The molecular formula is C22H27F4N5O3S. The molecule has 2 aromatic rings. The van der Waals surface area contributed by atoms with Crippen molar-refractivity contribution in [1.29, 1.82) is 0 Å². The van der Waals surface area contributed by atoms with Crippen molar-refractivity contribution in [1.82, 2.24) is 14.3 Å². The molecule has 0 radical (unpaired) electrons. The van der Waals surface area contributed by atoms with Crippen LogP contribution in [0.1, 0.15) is 30.0 Å². The van der Waals surface area contributed by atoms with Gasteiger partial charge in [0.15, 0.2) is 11.6 Å². The summed E-state index contributed by atoms with van der Waals surface area (Å²) in [6, 6.07) is 4.23. The van der Waals surface area contributed by atoms with E-state index in [1.807, 2.05) is 0 Å². The van der Waals surface area contributed by atoms with Gasteiger partial charge in [0.25, 0.3) is 0 Å². The van der Waals surface area contributed by atoms with E-state index in [0.717, 1.165) is 12.1 Å². The van der Waals surface area contributed by atoms with E-state index in [0.29, 0.717) is 51.2 Å². The third kappa shape index (κ3) is 6.01. The lowest BCUT2D eigenvalue weighted by molar-refractivity contribution is -0.137. The monoisotopic (exact) mass is 517 g/mol. The van der Waals surface area contributed by atoms with Crippen molar-refractivity contribution in [3.05, 3.63) is 47.5 Å². The van der Waals surface area contributed by atoms with Gasteiger partial charge < -0.3 is 15.0 Å². The lowest BCUT2D eigenvalue weighted by Gasteiger charge is -2.37. The van der Waals surface area contributed by atoms with Crippen molar-refractivity contribution in [3.8, 4) is 0 Å². The Hall–Kier alpha value is -2.51. The first-order valence-corrected chi connectivity index (χ1v) is 13.1. The molecule has 2 aliphatic heterocycles. The van der Waals surface area contributed by atoms with Crippen LogP contribution in [0, 0.1) is 11.7 Å². The number of ether oxygens (including phenoxy) is 1. The molecule has 1 aromatic carbocycles. The van der Waals surface area contributed by atoms with Gasteiger partial charge in [0.2, 0.25) is 15.8 Å². The maximum atomic E-state index is 15.4. The summed E-state index contributed by atoms with van der Waals surface area (Å²) in [6.45, 7) is 2.08. The quantitative estimate of drug-likeness (QED) is 0.589. The summed E-state index contributed by atoms with van der Waals surface area (Å²) in [5, 5.41) is 3.02. The SMILES string of the molecule is CS(=O)(=O)N1CCC(CNc2ncnc(N3CCOCC3c3ccc(C(F)(F)F)cc3)c2F)CC1. The van der Waals surface area contributed by atoms with E-state index in [4.69, 9.17) is 4.74 Å². The van der Waals surface area contributed by atoms with Gasteiger partial charge in [-0.1, -0.05) is 12.1 Å². The Balaban J connectivity index is 1.46. The van der Waals surface area contributed by atoms with Gasteiger partial charge in [0.1, 0.15) is 6.33 Å². The topological polar surface area (TPSA) is 87.7 Å². The molecule has 0 saturated carbocycles. The van der Waals surface area contributed by atoms with Crippen molar-refractivity contribution < 1.29 is 30.7 Å². The van der Waals surface area contributed by atoms with E-state index in [9.17, 15) is 21.6 Å². The molecule has 2 aliphatic rings. The first-order valence-electron chi connectivity index (χ1n) is 11.2. The molecule has 0 amide bonds. The first-order chi connectivity index (χ1) is 16.5. The van der Waals surface area contributed by atoms with Crippen molar-refractivity contribution in [2.75, 3.05) is 55.9 Å². The molecule has 1 N–H and O–H groups in total. The van der Waals surface area contributed by atoms with Crippen LogP contribution in [0.15, 0.2) is 30.6 Å². The molecule has 192 valence electrons. The maximum Gasteiger partial charge on any atom is 0.416 e. The second kappa shape index (κ2) is 10.2. The summed E-state index contributed by atoms with van der Waals surface area (Å²) >= 11 is 0. The number of morpholine rings is 1. The third-order valence-electron chi connectivity index (χ3n) is 6.40. The number of nitrogens with zero attached hydrogens (tertiary/aromatic N) is 4. The summed E-state index contributed by atoms with van der Waals surface area (Å²) < 4.78 is 84.6. The molecule has 1 atom stereocenters. The Bertz CT molecular complexity index is 1120. The van der Waals surface area contributed by atoms with E-state index >= 15 is 4.39 Å². The Labute approximate surface area is 201 Å². The van der Waals surface area contributed by atoms with Crippen LogP contribution >= 0.6 is 0 Å². The lowest BCUT2D eigenvalue weighted by atomic mass is 9.98. The van der Waals surface area contributed by atoms with E-state index in [-0.39, 0.29) is 24.2 Å². The summed E-state index contributed by atoms with van der Waals surface area (Å²) in [6.07, 6.45) is -0.709. The van der Waals surface area contributed by atoms with Gasteiger partial charge in [-0.15, -0.1) is 0 Å². The number of piperidine rings is 1. The van der Waals surface area contributed by atoms with Crippen LogP contribution in [0.25, 0.3) is 0 Å². The minimum Gasteiger partial charge on any atom is -0.377 e. The largest absolute Gasteiger partial charge is 0.416 e. The zero-order valence-corrected chi connectivity index (χ0v) is 19.9. The molecular weight excluding hydrogens is 490 g/mol. The Morgan fingerprint density at radius 3 is 2.43 bits per heavy atom. The number of nitrogens with one attached hydrogen (secondary N) is 1. The zero-order valence-electron chi connectivity index (χ0n) is 19.1. The number of hydrogen-bond donors (Lipinski definition) is 1. The maximum absolute atomic E-state index is 15.4. The number of hydrogen-bond acceptors (Lipinski definition) is 7. The number of benzene rings is 1. The van der Waals surface area contributed by atoms with Crippen LogP contribution < -0.4 is 10.2 Å². The molecule has 0 aliphatic carbocycles. The molecule has 4 rings (SSSR count). The van der Waals surface area contributed by atoms with Crippen molar-refractivity contribution in [2.45, 2.75) is 25.1 Å². The van der Waals surface area contributed by atoms with Gasteiger partial charge in [-0.05, 0) is 36.5 Å². The average Bonchev–Trinajstić information content (AvgIpc) is 2.83. The normalized spacial score (nSPS) is 20.7. The Kier molecular flexibility index (Phi) is 7.48. The fourth-order valence-electron chi connectivity index (χ4n) is 4.40. The summed E-state index contributed by atoms with van der Waals surface area (Å²) in [5.74, 6) is -0.422. The lowest BCUT2D eigenvalue weighted by Crippen LogP contribution is -2.41. The van der Waals surface area contributed by atoms with E-state index < -0.39 is 33.6 Å². The van der Waals surface area contributed by atoms with Crippen molar-refractivity contribution in [2.24, 2.45) is 5.92 Å². The van der Waals surface area contributed by atoms with Gasteiger partial charge >= 0.3 is 6.18 Å². The highest BCUT2D eigenvalue weighted by Gasteiger charge is 2.33. The van der Waals surface area contributed by atoms with Crippen LogP contribution in [-0.4, -0.2) is 68.3 Å². The Morgan fingerprint density at radius 2 is 1.80 bits per heavy atom. The highest BCUT2D eigenvalue weighted by Crippen LogP contribution is 2.34. The molecule has 0 spiro atoms. The van der Waals surface area contributed by atoms with E-state index in [1.165, 1.54) is 29.0 Å². The van der Waals surface area contributed by atoms with Crippen LogP contribution in [0.4, 0.5) is 29.2 Å². The van der Waals surface area contributed by atoms with Crippen molar-refractivity contribution >= 4 is 21.7 Å². The van der Waals surface area contributed by atoms with Gasteiger partial charge in [-0.3, -0.25) is 0 Å². The van der Waals surface area contributed by atoms with Gasteiger partial charge in [-0.2, -0.15) is 17.6 Å². The molecule has 35 heavy (non-hydrogen) atoms. The van der Waals surface area contributed by atoms with E-state index in [1.54, 1.807) is 4.90 Å². The number of aromatic nitrogens is 2. The number of anilines is 2. The predicted octanol–water partition coefficient (Wildman–Crippen LogP) is 3.30. The molecule has 0 bridgehead atoms. The first kappa shape index (κ1) is 25.6. The van der Waals surface area contributed by atoms with Crippen LogP contribution in [0.5, 0.6) is 0 Å². The third-order valence-corrected chi connectivity index (χ3v) is 7.70. The number of rotatable bonds is 6. The molecule has 8 nitrogen and oxygen atoms in total. The minimum atomic E-state index is -4.44. The summed E-state index contributed by atoms with van der Waals surface area (Å²) in [4.78, 5) is 9.82. The molecule has 3 heterocycles. The zero-order chi connectivity index (χ0) is 25.2. The number of alkyl halides is 3. The molecule has 2 fully saturated rings. The average molecular weight is 518 g/mol. The summed E-state index contributed by atoms with van der Waals surface area (Å²) in [5.41, 5.74) is -0.200. The Morgan fingerprint density at radius 1 is 1.11 bits per heavy atom. The predicted molar refractivity (Wildman–Crippen MR) is 122 cm³/mol. The second-order valence-corrected chi connectivity index (χ2v) is 10.7. The smallest absolute Gasteiger partial charge is 0.377 e. The van der Waals surface area contributed by atoms with E-state index in [2.05, 4.69) is 15.3 Å².